The Morgan fingerprint density at radius 2 is 1.81 bits per heavy atom. The van der Waals surface area contributed by atoms with Gasteiger partial charge in [0.1, 0.15) is 5.82 Å². The molecule has 0 bridgehead atoms. The van der Waals surface area contributed by atoms with Crippen LogP contribution in [0, 0.1) is 12.7 Å². The highest BCUT2D eigenvalue weighted by atomic mass is 79.9. The zero-order valence-corrected chi connectivity index (χ0v) is 12.6. The summed E-state index contributed by atoms with van der Waals surface area (Å²) in [5.74, 6) is -1.26. The molecule has 0 spiro atoms. The molecule has 0 unspecified atom stereocenters. The summed E-state index contributed by atoms with van der Waals surface area (Å²) in [6, 6.07) is 8.61. The predicted octanol–water partition coefficient (Wildman–Crippen LogP) is 5.53. The number of benzene rings is 2. The molecule has 1 N–H and O–H groups in total. The van der Waals surface area contributed by atoms with Gasteiger partial charge in [-0.2, -0.15) is 13.2 Å². The monoisotopic (exact) mass is 361 g/mol. The summed E-state index contributed by atoms with van der Waals surface area (Å²) < 4.78 is 52.0. The van der Waals surface area contributed by atoms with E-state index in [2.05, 4.69) is 21.2 Å². The molecule has 0 amide bonds. The number of nitrogens with one attached hydrogen (secondary N) is 1. The maximum atomic E-state index is 13.2. The Labute approximate surface area is 128 Å². The Kier molecular flexibility index (Phi) is 4.56. The number of rotatable bonds is 3. The highest BCUT2D eigenvalue weighted by Crippen LogP contribution is 2.32. The second-order valence-corrected chi connectivity index (χ2v) is 5.54. The van der Waals surface area contributed by atoms with Crippen molar-refractivity contribution in [3.8, 4) is 0 Å². The zero-order chi connectivity index (χ0) is 15.6. The van der Waals surface area contributed by atoms with Crippen LogP contribution in [0.1, 0.15) is 16.7 Å². The molecule has 0 aliphatic heterocycles. The quantitative estimate of drug-likeness (QED) is 0.709. The van der Waals surface area contributed by atoms with Crippen LogP contribution < -0.4 is 5.32 Å². The molecule has 0 saturated carbocycles. The van der Waals surface area contributed by atoms with E-state index in [-0.39, 0.29) is 6.54 Å². The Morgan fingerprint density at radius 1 is 1.10 bits per heavy atom. The number of hydrogen-bond acceptors (Lipinski definition) is 1. The molecule has 0 aromatic heterocycles. The Hall–Kier alpha value is -1.56. The summed E-state index contributed by atoms with van der Waals surface area (Å²) in [6.45, 7) is 2.07. The van der Waals surface area contributed by atoms with Gasteiger partial charge in [0.05, 0.1) is 5.56 Å². The van der Waals surface area contributed by atoms with Crippen LogP contribution >= 0.6 is 15.9 Å². The normalized spacial score (nSPS) is 11.5. The number of anilines is 1. The number of aryl methyl sites for hydroxylation is 1. The summed E-state index contributed by atoms with van der Waals surface area (Å²) in [4.78, 5) is 0. The van der Waals surface area contributed by atoms with Crippen LogP contribution in [0.4, 0.5) is 23.2 Å². The number of alkyl halides is 3. The Balaban J connectivity index is 2.19. The highest BCUT2D eigenvalue weighted by Gasteiger charge is 2.34. The number of halogens is 5. The molecular weight excluding hydrogens is 350 g/mol. The van der Waals surface area contributed by atoms with Crippen LogP contribution in [0.5, 0.6) is 0 Å². The Morgan fingerprint density at radius 3 is 2.48 bits per heavy atom. The van der Waals surface area contributed by atoms with Gasteiger partial charge >= 0.3 is 6.18 Å². The molecule has 1 nitrogen and oxygen atoms in total. The standard InChI is InChI=1S/C15H12BrF4N/c1-9-2-4-11(16)7-14(9)21-8-10-3-5-13(17)12(6-10)15(18,19)20/h2-7,21H,8H2,1H3. The fourth-order valence-electron chi connectivity index (χ4n) is 1.88. The summed E-state index contributed by atoms with van der Waals surface area (Å²) in [7, 11) is 0. The summed E-state index contributed by atoms with van der Waals surface area (Å²) in [5.41, 5.74) is 0.898. The lowest BCUT2D eigenvalue weighted by molar-refractivity contribution is -0.140. The van der Waals surface area contributed by atoms with Gasteiger partial charge in [0, 0.05) is 16.7 Å². The van der Waals surface area contributed by atoms with E-state index in [0.717, 1.165) is 27.9 Å². The van der Waals surface area contributed by atoms with Gasteiger partial charge in [-0.3, -0.25) is 0 Å². The average Bonchev–Trinajstić information content (AvgIpc) is 2.40. The maximum Gasteiger partial charge on any atom is 0.419 e. The molecule has 0 radical (unpaired) electrons. The van der Waals surface area contributed by atoms with Gasteiger partial charge in [-0.15, -0.1) is 0 Å². The van der Waals surface area contributed by atoms with Crippen LogP contribution in [0.25, 0.3) is 0 Å². The van der Waals surface area contributed by atoms with E-state index in [9.17, 15) is 17.6 Å². The first kappa shape index (κ1) is 15.8. The van der Waals surface area contributed by atoms with E-state index >= 15 is 0 Å². The zero-order valence-electron chi connectivity index (χ0n) is 11.1. The summed E-state index contributed by atoms with van der Waals surface area (Å²) in [5, 5.41) is 3.05. The first-order chi connectivity index (χ1) is 9.77. The second-order valence-electron chi connectivity index (χ2n) is 4.62. The fourth-order valence-corrected chi connectivity index (χ4v) is 2.24. The predicted molar refractivity (Wildman–Crippen MR) is 77.6 cm³/mol. The lowest BCUT2D eigenvalue weighted by Gasteiger charge is -2.13. The largest absolute Gasteiger partial charge is 0.419 e. The molecular formula is C15H12BrF4N. The van der Waals surface area contributed by atoms with E-state index in [1.165, 1.54) is 6.07 Å². The van der Waals surface area contributed by atoms with Gasteiger partial charge in [-0.05, 0) is 42.3 Å². The van der Waals surface area contributed by atoms with E-state index in [0.29, 0.717) is 5.56 Å². The third kappa shape index (κ3) is 3.97. The lowest BCUT2D eigenvalue weighted by atomic mass is 10.1. The van der Waals surface area contributed by atoms with E-state index in [4.69, 9.17) is 0 Å². The molecule has 0 aliphatic carbocycles. The fraction of sp³-hybridized carbons (Fsp3) is 0.200. The number of hydrogen-bond donors (Lipinski definition) is 1. The molecule has 0 aliphatic rings. The second kappa shape index (κ2) is 6.05. The molecule has 2 aromatic rings. The van der Waals surface area contributed by atoms with Gasteiger partial charge in [0.25, 0.3) is 0 Å². The maximum absolute atomic E-state index is 13.2. The SMILES string of the molecule is Cc1ccc(Br)cc1NCc1ccc(F)c(C(F)(F)F)c1. The van der Waals surface area contributed by atoms with Crippen molar-refractivity contribution in [2.45, 2.75) is 19.6 Å². The molecule has 0 fully saturated rings. The van der Waals surface area contributed by atoms with Gasteiger partial charge in [-0.25, -0.2) is 4.39 Å². The van der Waals surface area contributed by atoms with Crippen molar-refractivity contribution >= 4 is 21.6 Å². The van der Waals surface area contributed by atoms with Crippen LogP contribution in [-0.4, -0.2) is 0 Å². The molecule has 0 saturated heterocycles. The van der Waals surface area contributed by atoms with Crippen molar-refractivity contribution in [1.29, 1.82) is 0 Å². The topological polar surface area (TPSA) is 12.0 Å². The molecule has 21 heavy (non-hydrogen) atoms. The van der Waals surface area contributed by atoms with E-state index in [1.807, 2.05) is 25.1 Å². The van der Waals surface area contributed by atoms with Gasteiger partial charge in [0.15, 0.2) is 0 Å². The average molecular weight is 362 g/mol. The Bertz CT molecular complexity index is 653. The van der Waals surface area contributed by atoms with E-state index in [1.54, 1.807) is 0 Å². The molecule has 2 aromatic carbocycles. The van der Waals surface area contributed by atoms with Crippen molar-refractivity contribution in [3.05, 3.63) is 63.4 Å². The smallest absolute Gasteiger partial charge is 0.381 e. The van der Waals surface area contributed by atoms with Crippen LogP contribution in [0.15, 0.2) is 40.9 Å². The minimum Gasteiger partial charge on any atom is -0.381 e. The minimum absolute atomic E-state index is 0.181. The summed E-state index contributed by atoms with van der Waals surface area (Å²) >= 11 is 3.33. The molecule has 0 heterocycles. The van der Waals surface area contributed by atoms with Crippen molar-refractivity contribution in [1.82, 2.24) is 0 Å². The molecule has 2 rings (SSSR count). The van der Waals surface area contributed by atoms with Crippen LogP contribution in [0.2, 0.25) is 0 Å². The van der Waals surface area contributed by atoms with Crippen molar-refractivity contribution in [2.75, 3.05) is 5.32 Å². The molecule has 112 valence electrons. The highest BCUT2D eigenvalue weighted by molar-refractivity contribution is 9.10. The first-order valence-corrected chi connectivity index (χ1v) is 6.92. The van der Waals surface area contributed by atoms with Gasteiger partial charge in [0.2, 0.25) is 0 Å². The van der Waals surface area contributed by atoms with Crippen LogP contribution in [-0.2, 0) is 12.7 Å². The third-order valence-electron chi connectivity index (χ3n) is 3.02. The van der Waals surface area contributed by atoms with Gasteiger partial charge in [-0.1, -0.05) is 28.1 Å². The third-order valence-corrected chi connectivity index (χ3v) is 3.51. The van der Waals surface area contributed by atoms with Crippen molar-refractivity contribution in [3.63, 3.8) is 0 Å². The first-order valence-electron chi connectivity index (χ1n) is 6.13. The molecule has 0 atom stereocenters. The van der Waals surface area contributed by atoms with Crippen molar-refractivity contribution in [2.24, 2.45) is 0 Å². The minimum atomic E-state index is -4.69. The summed E-state index contributed by atoms with van der Waals surface area (Å²) in [6.07, 6.45) is -4.69. The van der Waals surface area contributed by atoms with E-state index < -0.39 is 17.6 Å². The molecule has 6 heteroatoms. The lowest BCUT2D eigenvalue weighted by Crippen LogP contribution is -2.10. The van der Waals surface area contributed by atoms with Crippen molar-refractivity contribution < 1.29 is 17.6 Å². The van der Waals surface area contributed by atoms with Gasteiger partial charge < -0.3 is 5.32 Å². The van der Waals surface area contributed by atoms with Crippen LogP contribution in [0.3, 0.4) is 0 Å².